The summed E-state index contributed by atoms with van der Waals surface area (Å²) in [6, 6.07) is 6.95. The quantitative estimate of drug-likeness (QED) is 0.812. The van der Waals surface area contributed by atoms with Crippen molar-refractivity contribution in [3.05, 3.63) is 30.0 Å². The molecule has 0 saturated heterocycles. The average Bonchev–Trinajstić information content (AvgIpc) is 2.99. The van der Waals surface area contributed by atoms with E-state index < -0.39 is 32.3 Å². The fraction of sp³-hybridized carbons (Fsp3) is 0.500. The second kappa shape index (κ2) is 7.47. The van der Waals surface area contributed by atoms with E-state index in [0.717, 1.165) is 5.39 Å². The fourth-order valence-corrected chi connectivity index (χ4v) is 3.68. The number of hydrogen-bond donors (Lipinski definition) is 1. The zero-order valence-corrected chi connectivity index (χ0v) is 16.0. The molecule has 0 bridgehead atoms. The van der Waals surface area contributed by atoms with Gasteiger partial charge in [-0.05, 0) is 46.8 Å². The Morgan fingerprint density at radius 2 is 1.92 bits per heavy atom. The number of benzene rings is 1. The number of rotatable bonds is 7. The highest BCUT2D eigenvalue weighted by atomic mass is 32.2. The van der Waals surface area contributed by atoms with Gasteiger partial charge in [0.25, 0.3) is 0 Å². The fourth-order valence-electron chi connectivity index (χ4n) is 2.50. The van der Waals surface area contributed by atoms with Crippen LogP contribution in [0.1, 0.15) is 46.4 Å². The van der Waals surface area contributed by atoms with Crippen molar-refractivity contribution < 1.29 is 22.4 Å². The van der Waals surface area contributed by atoms with Crippen molar-refractivity contribution >= 4 is 26.7 Å². The highest BCUT2D eigenvalue weighted by Crippen LogP contribution is 2.31. The van der Waals surface area contributed by atoms with Crippen molar-refractivity contribution in [1.82, 2.24) is 5.32 Å². The SMILES string of the molecule is CCOc1cccc2cc(C(C)NC(=O)C(C)S(=O)(=O)C(C)C)oc12. The van der Waals surface area contributed by atoms with E-state index in [1.165, 1.54) is 6.92 Å². The summed E-state index contributed by atoms with van der Waals surface area (Å²) >= 11 is 0. The minimum absolute atomic E-state index is 0.459. The molecule has 6 nitrogen and oxygen atoms in total. The molecule has 1 amide bonds. The number of furan rings is 1. The van der Waals surface area contributed by atoms with Crippen LogP contribution in [0.15, 0.2) is 28.7 Å². The molecule has 2 unspecified atom stereocenters. The lowest BCUT2D eigenvalue weighted by Crippen LogP contribution is -2.41. The number of fused-ring (bicyclic) bond motifs is 1. The summed E-state index contributed by atoms with van der Waals surface area (Å²) in [7, 11) is -3.51. The summed E-state index contributed by atoms with van der Waals surface area (Å²) < 4.78 is 35.7. The average molecular weight is 367 g/mol. The highest BCUT2D eigenvalue weighted by molar-refractivity contribution is 7.93. The number of hydrogen-bond acceptors (Lipinski definition) is 5. The van der Waals surface area contributed by atoms with E-state index in [1.807, 2.05) is 31.2 Å². The topological polar surface area (TPSA) is 85.6 Å². The van der Waals surface area contributed by atoms with E-state index >= 15 is 0 Å². The second-order valence-corrected chi connectivity index (χ2v) is 9.09. The van der Waals surface area contributed by atoms with Gasteiger partial charge in [0.15, 0.2) is 21.2 Å². The maximum absolute atomic E-state index is 12.3. The molecule has 138 valence electrons. The molecule has 2 aromatic rings. The zero-order valence-electron chi connectivity index (χ0n) is 15.2. The Morgan fingerprint density at radius 1 is 1.24 bits per heavy atom. The molecule has 0 spiro atoms. The Labute approximate surface area is 148 Å². The van der Waals surface area contributed by atoms with Crippen molar-refractivity contribution in [2.45, 2.75) is 51.2 Å². The third kappa shape index (κ3) is 3.98. The molecule has 0 radical (unpaired) electrons. The van der Waals surface area contributed by atoms with E-state index in [9.17, 15) is 13.2 Å². The Morgan fingerprint density at radius 3 is 2.52 bits per heavy atom. The zero-order chi connectivity index (χ0) is 18.8. The molecule has 1 aromatic heterocycles. The summed E-state index contributed by atoms with van der Waals surface area (Å²) in [6.07, 6.45) is 0. The van der Waals surface area contributed by atoms with Gasteiger partial charge in [0.05, 0.1) is 17.9 Å². The Kier molecular flexibility index (Phi) is 5.77. The second-order valence-electron chi connectivity index (χ2n) is 6.27. The molecule has 7 heteroatoms. The van der Waals surface area contributed by atoms with Crippen LogP contribution < -0.4 is 10.1 Å². The monoisotopic (exact) mass is 367 g/mol. The van der Waals surface area contributed by atoms with Crippen LogP contribution >= 0.6 is 0 Å². The van der Waals surface area contributed by atoms with E-state index in [1.54, 1.807) is 20.8 Å². The van der Waals surface area contributed by atoms with Crippen molar-refractivity contribution in [1.29, 1.82) is 0 Å². The number of sulfone groups is 1. The predicted molar refractivity (Wildman–Crippen MR) is 97.5 cm³/mol. The van der Waals surface area contributed by atoms with Crippen LogP contribution in [-0.2, 0) is 14.6 Å². The largest absolute Gasteiger partial charge is 0.490 e. The standard InChI is InChI=1S/C18H25NO5S/c1-6-23-15-9-7-8-14-10-16(24-17(14)15)12(4)19-18(20)13(5)25(21,22)11(2)3/h7-13H,6H2,1-5H3,(H,19,20). The molecule has 0 aliphatic carbocycles. The number of carbonyl (C=O) groups is 1. The van der Waals surface area contributed by atoms with Gasteiger partial charge in [-0.15, -0.1) is 0 Å². The summed E-state index contributed by atoms with van der Waals surface area (Å²) in [6.45, 7) is 8.70. The third-order valence-corrected chi connectivity index (χ3v) is 6.65. The van der Waals surface area contributed by atoms with E-state index in [-0.39, 0.29) is 0 Å². The smallest absolute Gasteiger partial charge is 0.238 e. The molecule has 1 aromatic carbocycles. The highest BCUT2D eigenvalue weighted by Gasteiger charge is 2.31. The van der Waals surface area contributed by atoms with Crippen LogP contribution in [0.25, 0.3) is 11.0 Å². The van der Waals surface area contributed by atoms with Gasteiger partial charge in [0.1, 0.15) is 11.0 Å². The van der Waals surface area contributed by atoms with Crippen LogP contribution in [0.3, 0.4) is 0 Å². The Bertz CT molecular complexity index is 853. The summed E-state index contributed by atoms with van der Waals surface area (Å²) in [5, 5.41) is 1.86. The molecule has 2 atom stereocenters. The van der Waals surface area contributed by atoms with Crippen LogP contribution in [-0.4, -0.2) is 31.4 Å². The van der Waals surface area contributed by atoms with E-state index in [0.29, 0.717) is 23.7 Å². The Hall–Kier alpha value is -2.02. The van der Waals surface area contributed by atoms with Crippen LogP contribution in [0.5, 0.6) is 5.75 Å². The molecule has 1 N–H and O–H groups in total. The molecule has 0 saturated carbocycles. The van der Waals surface area contributed by atoms with Gasteiger partial charge in [-0.2, -0.15) is 0 Å². The lowest BCUT2D eigenvalue weighted by molar-refractivity contribution is -0.121. The maximum atomic E-state index is 12.3. The molecule has 2 rings (SSSR count). The first-order chi connectivity index (χ1) is 11.7. The van der Waals surface area contributed by atoms with Gasteiger partial charge in [0.2, 0.25) is 5.91 Å². The molecule has 25 heavy (non-hydrogen) atoms. The number of para-hydroxylation sites is 1. The van der Waals surface area contributed by atoms with Crippen molar-refractivity contribution in [2.75, 3.05) is 6.61 Å². The molecule has 1 heterocycles. The maximum Gasteiger partial charge on any atom is 0.238 e. The molecule has 0 aliphatic heterocycles. The number of nitrogens with one attached hydrogen (secondary N) is 1. The summed E-state index contributed by atoms with van der Waals surface area (Å²) in [5.74, 6) is 0.650. The molecule has 0 aliphatic rings. The lowest BCUT2D eigenvalue weighted by Gasteiger charge is -2.18. The van der Waals surface area contributed by atoms with Gasteiger partial charge in [0, 0.05) is 5.39 Å². The predicted octanol–water partition coefficient (Wildman–Crippen LogP) is 3.22. The van der Waals surface area contributed by atoms with Gasteiger partial charge >= 0.3 is 0 Å². The first-order valence-corrected chi connectivity index (χ1v) is 9.97. The first kappa shape index (κ1) is 19.3. The van der Waals surface area contributed by atoms with Gasteiger partial charge in [-0.1, -0.05) is 12.1 Å². The van der Waals surface area contributed by atoms with E-state index in [2.05, 4.69) is 5.32 Å². The van der Waals surface area contributed by atoms with Crippen LogP contribution in [0.4, 0.5) is 0 Å². The Balaban J connectivity index is 2.21. The molecule has 0 fully saturated rings. The van der Waals surface area contributed by atoms with Gasteiger partial charge in [-0.3, -0.25) is 4.79 Å². The molecular weight excluding hydrogens is 342 g/mol. The van der Waals surface area contributed by atoms with Crippen LogP contribution in [0, 0.1) is 0 Å². The van der Waals surface area contributed by atoms with Gasteiger partial charge < -0.3 is 14.5 Å². The van der Waals surface area contributed by atoms with Crippen molar-refractivity contribution in [3.8, 4) is 5.75 Å². The number of ether oxygens (including phenoxy) is 1. The van der Waals surface area contributed by atoms with E-state index in [4.69, 9.17) is 9.15 Å². The van der Waals surface area contributed by atoms with Crippen LogP contribution in [0.2, 0.25) is 0 Å². The number of amides is 1. The lowest BCUT2D eigenvalue weighted by atomic mass is 10.2. The minimum atomic E-state index is -3.51. The van der Waals surface area contributed by atoms with Crippen molar-refractivity contribution in [2.24, 2.45) is 0 Å². The third-order valence-electron chi connectivity index (χ3n) is 4.13. The first-order valence-electron chi connectivity index (χ1n) is 8.36. The van der Waals surface area contributed by atoms with Crippen molar-refractivity contribution in [3.63, 3.8) is 0 Å². The van der Waals surface area contributed by atoms with Gasteiger partial charge in [-0.25, -0.2) is 8.42 Å². The minimum Gasteiger partial charge on any atom is -0.490 e. The normalized spacial score (nSPS) is 14.5. The summed E-state index contributed by atoms with van der Waals surface area (Å²) in [4.78, 5) is 12.3. The number of carbonyl (C=O) groups excluding carboxylic acids is 1. The summed E-state index contributed by atoms with van der Waals surface area (Å²) in [5.41, 5.74) is 0.614. The molecular formula is C18H25NO5S.